The van der Waals surface area contributed by atoms with E-state index in [2.05, 4.69) is 29.4 Å². The second kappa shape index (κ2) is 5.82. The molecular formula is C16H23ClN2. The summed E-state index contributed by atoms with van der Waals surface area (Å²) in [7, 11) is 2.30. The van der Waals surface area contributed by atoms with Gasteiger partial charge >= 0.3 is 0 Å². The lowest BCUT2D eigenvalue weighted by Crippen LogP contribution is -2.47. The predicted molar refractivity (Wildman–Crippen MR) is 80.8 cm³/mol. The van der Waals surface area contributed by atoms with Crippen LogP contribution >= 0.6 is 11.6 Å². The van der Waals surface area contributed by atoms with Gasteiger partial charge in [0.15, 0.2) is 0 Å². The second-order valence-electron chi connectivity index (χ2n) is 6.05. The number of hydrogen-bond donors (Lipinski definition) is 1. The maximum atomic E-state index is 5.90. The molecular weight excluding hydrogens is 256 g/mol. The van der Waals surface area contributed by atoms with Crippen molar-refractivity contribution >= 4 is 11.6 Å². The number of hydrogen-bond acceptors (Lipinski definition) is 2. The molecule has 0 radical (unpaired) electrons. The molecule has 1 aromatic carbocycles. The lowest BCUT2D eigenvalue weighted by atomic mass is 9.98. The Balaban J connectivity index is 1.45. The van der Waals surface area contributed by atoms with E-state index in [1.165, 1.54) is 31.2 Å². The third kappa shape index (κ3) is 3.13. The van der Waals surface area contributed by atoms with Crippen molar-refractivity contribution in [3.8, 4) is 0 Å². The van der Waals surface area contributed by atoms with Crippen LogP contribution < -0.4 is 5.32 Å². The second-order valence-corrected chi connectivity index (χ2v) is 6.49. The summed E-state index contributed by atoms with van der Waals surface area (Å²) in [4.78, 5) is 2.59. The normalized spacial score (nSPS) is 30.7. The minimum absolute atomic E-state index is 0.723. The summed E-state index contributed by atoms with van der Waals surface area (Å²) >= 11 is 5.90. The summed E-state index contributed by atoms with van der Waals surface area (Å²) in [6.07, 6.45) is 6.55. The van der Waals surface area contributed by atoms with Crippen molar-refractivity contribution in [2.45, 2.75) is 50.2 Å². The minimum Gasteiger partial charge on any atom is -0.314 e. The SMILES string of the molecule is CN1C2CCC1CC(NCCc1ccc(Cl)cc1)C2. The number of halogens is 1. The molecule has 104 valence electrons. The van der Waals surface area contributed by atoms with Crippen LogP contribution in [-0.4, -0.2) is 36.6 Å². The summed E-state index contributed by atoms with van der Waals surface area (Å²) < 4.78 is 0. The third-order valence-electron chi connectivity index (χ3n) is 4.86. The van der Waals surface area contributed by atoms with E-state index in [4.69, 9.17) is 11.6 Å². The van der Waals surface area contributed by atoms with Gasteiger partial charge in [0.2, 0.25) is 0 Å². The Bertz CT molecular complexity index is 403. The first-order chi connectivity index (χ1) is 9.22. The Morgan fingerprint density at radius 3 is 2.42 bits per heavy atom. The van der Waals surface area contributed by atoms with Gasteiger partial charge in [-0.15, -0.1) is 0 Å². The van der Waals surface area contributed by atoms with Crippen LogP contribution in [-0.2, 0) is 6.42 Å². The van der Waals surface area contributed by atoms with Crippen molar-refractivity contribution in [2.24, 2.45) is 0 Å². The first-order valence-corrected chi connectivity index (χ1v) is 7.80. The van der Waals surface area contributed by atoms with Gasteiger partial charge in [-0.2, -0.15) is 0 Å². The predicted octanol–water partition coefficient (Wildman–Crippen LogP) is 3.10. The van der Waals surface area contributed by atoms with E-state index in [-0.39, 0.29) is 0 Å². The Hall–Kier alpha value is -0.570. The molecule has 2 aliphatic heterocycles. The van der Waals surface area contributed by atoms with Gasteiger partial charge < -0.3 is 10.2 Å². The van der Waals surface area contributed by atoms with Crippen molar-refractivity contribution in [2.75, 3.05) is 13.6 Å². The molecule has 2 unspecified atom stereocenters. The zero-order valence-electron chi connectivity index (χ0n) is 11.6. The first kappa shape index (κ1) is 13.4. The Kier molecular flexibility index (Phi) is 4.11. The molecule has 1 N–H and O–H groups in total. The number of fused-ring (bicyclic) bond motifs is 2. The van der Waals surface area contributed by atoms with Crippen molar-refractivity contribution in [3.05, 3.63) is 34.9 Å². The molecule has 0 spiro atoms. The fraction of sp³-hybridized carbons (Fsp3) is 0.625. The number of nitrogens with zero attached hydrogens (tertiary/aromatic N) is 1. The molecule has 0 saturated carbocycles. The van der Waals surface area contributed by atoms with E-state index < -0.39 is 0 Å². The van der Waals surface area contributed by atoms with Crippen LogP contribution in [0.2, 0.25) is 5.02 Å². The summed E-state index contributed by atoms with van der Waals surface area (Å²) in [5, 5.41) is 4.57. The standard InChI is InChI=1S/C16H23ClN2/c1-19-15-6-7-16(19)11-14(10-15)18-9-8-12-2-4-13(17)5-3-12/h2-5,14-16,18H,6-11H2,1H3. The van der Waals surface area contributed by atoms with Gasteiger partial charge in [-0.05, 0) is 63.4 Å². The molecule has 2 saturated heterocycles. The van der Waals surface area contributed by atoms with Crippen molar-refractivity contribution < 1.29 is 0 Å². The zero-order chi connectivity index (χ0) is 13.2. The fourth-order valence-electron chi connectivity index (χ4n) is 3.65. The smallest absolute Gasteiger partial charge is 0.0406 e. The highest BCUT2D eigenvalue weighted by atomic mass is 35.5. The molecule has 2 atom stereocenters. The Morgan fingerprint density at radius 2 is 1.79 bits per heavy atom. The molecule has 2 aliphatic rings. The summed E-state index contributed by atoms with van der Waals surface area (Å²) in [5.74, 6) is 0. The largest absolute Gasteiger partial charge is 0.314 e. The number of nitrogens with one attached hydrogen (secondary N) is 1. The summed E-state index contributed by atoms with van der Waals surface area (Å²) in [5.41, 5.74) is 1.37. The van der Waals surface area contributed by atoms with E-state index in [1.807, 2.05) is 12.1 Å². The average molecular weight is 279 g/mol. The van der Waals surface area contributed by atoms with Crippen LogP contribution in [0.25, 0.3) is 0 Å². The molecule has 2 heterocycles. The van der Waals surface area contributed by atoms with Crippen LogP contribution in [0.5, 0.6) is 0 Å². The van der Waals surface area contributed by atoms with Crippen LogP contribution in [0, 0.1) is 0 Å². The number of piperidine rings is 1. The van der Waals surface area contributed by atoms with Gasteiger partial charge in [-0.1, -0.05) is 23.7 Å². The molecule has 2 bridgehead atoms. The Labute approximate surface area is 121 Å². The molecule has 0 amide bonds. The van der Waals surface area contributed by atoms with E-state index in [9.17, 15) is 0 Å². The van der Waals surface area contributed by atoms with E-state index in [0.29, 0.717) is 0 Å². The van der Waals surface area contributed by atoms with Gasteiger partial charge in [-0.25, -0.2) is 0 Å². The van der Waals surface area contributed by atoms with Crippen LogP contribution in [0.4, 0.5) is 0 Å². The van der Waals surface area contributed by atoms with E-state index in [1.54, 1.807) is 0 Å². The van der Waals surface area contributed by atoms with Crippen LogP contribution in [0.1, 0.15) is 31.2 Å². The average Bonchev–Trinajstić information content (AvgIpc) is 2.64. The maximum absolute atomic E-state index is 5.90. The van der Waals surface area contributed by atoms with Crippen molar-refractivity contribution in [1.82, 2.24) is 10.2 Å². The number of benzene rings is 1. The summed E-state index contributed by atoms with van der Waals surface area (Å²) in [6.45, 7) is 1.08. The quantitative estimate of drug-likeness (QED) is 0.910. The molecule has 0 aromatic heterocycles. The third-order valence-corrected chi connectivity index (χ3v) is 5.11. The van der Waals surface area contributed by atoms with Gasteiger partial charge in [-0.3, -0.25) is 0 Å². The molecule has 19 heavy (non-hydrogen) atoms. The van der Waals surface area contributed by atoms with Gasteiger partial charge in [0, 0.05) is 23.1 Å². The highest BCUT2D eigenvalue weighted by Gasteiger charge is 2.37. The zero-order valence-corrected chi connectivity index (χ0v) is 12.4. The molecule has 2 nitrogen and oxygen atoms in total. The van der Waals surface area contributed by atoms with E-state index in [0.717, 1.165) is 36.1 Å². The molecule has 0 aliphatic carbocycles. The lowest BCUT2D eigenvalue weighted by molar-refractivity contribution is 0.149. The molecule has 3 heteroatoms. The Morgan fingerprint density at radius 1 is 1.16 bits per heavy atom. The van der Waals surface area contributed by atoms with Crippen molar-refractivity contribution in [3.63, 3.8) is 0 Å². The maximum Gasteiger partial charge on any atom is 0.0406 e. The monoisotopic (exact) mass is 278 g/mol. The molecule has 2 fully saturated rings. The minimum atomic E-state index is 0.723. The lowest BCUT2D eigenvalue weighted by Gasteiger charge is -2.36. The van der Waals surface area contributed by atoms with Crippen LogP contribution in [0.3, 0.4) is 0 Å². The molecule has 3 rings (SSSR count). The van der Waals surface area contributed by atoms with Gasteiger partial charge in [0.1, 0.15) is 0 Å². The van der Waals surface area contributed by atoms with Crippen LogP contribution in [0.15, 0.2) is 24.3 Å². The number of rotatable bonds is 4. The van der Waals surface area contributed by atoms with E-state index >= 15 is 0 Å². The fourth-order valence-corrected chi connectivity index (χ4v) is 3.78. The highest BCUT2D eigenvalue weighted by molar-refractivity contribution is 6.30. The van der Waals surface area contributed by atoms with Gasteiger partial charge in [0.05, 0.1) is 0 Å². The highest BCUT2D eigenvalue weighted by Crippen LogP contribution is 2.34. The first-order valence-electron chi connectivity index (χ1n) is 7.42. The summed E-state index contributed by atoms with van der Waals surface area (Å²) in [6, 6.07) is 10.6. The van der Waals surface area contributed by atoms with Crippen molar-refractivity contribution in [1.29, 1.82) is 0 Å². The topological polar surface area (TPSA) is 15.3 Å². The van der Waals surface area contributed by atoms with Gasteiger partial charge in [0.25, 0.3) is 0 Å². The molecule has 1 aromatic rings.